The van der Waals surface area contributed by atoms with Gasteiger partial charge in [0.25, 0.3) is 0 Å². The monoisotopic (exact) mass is 432 g/mol. The minimum absolute atomic E-state index is 0.261. The molecule has 1 aromatic carbocycles. The van der Waals surface area contributed by atoms with Gasteiger partial charge in [0, 0.05) is 55.1 Å². The highest BCUT2D eigenvalue weighted by atomic mass is 16.5. The third-order valence-electron chi connectivity index (χ3n) is 6.36. The van der Waals surface area contributed by atoms with Crippen LogP contribution < -0.4 is 0 Å². The van der Waals surface area contributed by atoms with Gasteiger partial charge in [-0.2, -0.15) is 0 Å². The Morgan fingerprint density at radius 1 is 1.16 bits per heavy atom. The smallest absolute Gasteiger partial charge is 0.167 e. The summed E-state index contributed by atoms with van der Waals surface area (Å²) in [6, 6.07) is 9.96. The normalized spacial score (nSPS) is 23.9. The fourth-order valence-electron chi connectivity index (χ4n) is 4.75. The number of rotatable bonds is 6. The molecule has 1 aliphatic carbocycles. The van der Waals surface area contributed by atoms with Crippen LogP contribution in [0.15, 0.2) is 47.2 Å². The molecule has 2 fully saturated rings. The molecule has 32 heavy (non-hydrogen) atoms. The molecule has 0 bridgehead atoms. The zero-order valence-electron chi connectivity index (χ0n) is 18.3. The Labute approximate surface area is 187 Å². The molecule has 2 N–H and O–H groups in total. The predicted molar refractivity (Wildman–Crippen MR) is 119 cm³/mol. The minimum Gasteiger partial charge on any atom is -0.392 e. The molecule has 3 heterocycles. The second-order valence-corrected chi connectivity index (χ2v) is 9.04. The van der Waals surface area contributed by atoms with Crippen molar-refractivity contribution in [2.75, 3.05) is 19.6 Å². The standard InChI is InChI=1S/C25H28N4O3/c1-16(30)12-28-14-22-21(23(22)15-28)8-5-18-3-6-19(7-4-18)24-11-20(27-32-24)13-29-10-9-26-25(29)17(2)31/h3-4,6-7,9-11,16-17,21-23,30-31H,12-15H2,1-2H3/t16?,17-,21?,22?,23?/m0/s1. The maximum Gasteiger partial charge on any atom is 0.167 e. The minimum atomic E-state index is -0.636. The molecule has 1 saturated heterocycles. The zero-order valence-corrected chi connectivity index (χ0v) is 18.3. The Hall–Kier alpha value is -2.92. The van der Waals surface area contributed by atoms with Crippen molar-refractivity contribution in [1.29, 1.82) is 0 Å². The maximum atomic E-state index is 9.80. The Bertz CT molecular complexity index is 1120. The molecule has 166 valence electrons. The number of hydrogen-bond donors (Lipinski definition) is 2. The Morgan fingerprint density at radius 2 is 1.91 bits per heavy atom. The molecule has 7 heteroatoms. The maximum absolute atomic E-state index is 9.80. The molecule has 0 spiro atoms. The summed E-state index contributed by atoms with van der Waals surface area (Å²) in [4.78, 5) is 6.53. The average molecular weight is 433 g/mol. The van der Waals surface area contributed by atoms with Crippen LogP contribution in [-0.2, 0) is 6.54 Å². The summed E-state index contributed by atoms with van der Waals surface area (Å²) in [6.45, 7) is 6.91. The van der Waals surface area contributed by atoms with Crippen LogP contribution in [-0.4, -0.2) is 55.6 Å². The molecule has 0 amide bonds. The number of aromatic nitrogens is 3. The highest BCUT2D eigenvalue weighted by Gasteiger charge is 2.54. The van der Waals surface area contributed by atoms with Gasteiger partial charge >= 0.3 is 0 Å². The van der Waals surface area contributed by atoms with E-state index in [-0.39, 0.29) is 6.10 Å². The first-order valence-electron chi connectivity index (χ1n) is 11.1. The first kappa shape index (κ1) is 21.0. The summed E-state index contributed by atoms with van der Waals surface area (Å²) in [5, 5.41) is 23.5. The molecule has 4 atom stereocenters. The number of benzene rings is 1. The number of nitrogens with zero attached hydrogens (tertiary/aromatic N) is 4. The van der Waals surface area contributed by atoms with Gasteiger partial charge in [-0.3, -0.25) is 0 Å². The van der Waals surface area contributed by atoms with E-state index in [4.69, 9.17) is 4.52 Å². The molecule has 2 aromatic heterocycles. The topological polar surface area (TPSA) is 87.5 Å². The molecule has 7 nitrogen and oxygen atoms in total. The number of aliphatic hydroxyl groups is 2. The van der Waals surface area contributed by atoms with E-state index in [0.29, 0.717) is 35.9 Å². The number of imidazole rings is 1. The summed E-state index contributed by atoms with van der Waals surface area (Å²) < 4.78 is 7.39. The number of fused-ring (bicyclic) bond motifs is 1. The van der Waals surface area contributed by atoms with Gasteiger partial charge in [-0.15, -0.1) is 0 Å². The number of piperidine rings is 1. The van der Waals surface area contributed by atoms with Crippen molar-refractivity contribution in [2.24, 2.45) is 17.8 Å². The van der Waals surface area contributed by atoms with Gasteiger partial charge in [-0.1, -0.05) is 17.0 Å². The van der Waals surface area contributed by atoms with Crippen LogP contribution in [0, 0.1) is 29.6 Å². The Morgan fingerprint density at radius 3 is 2.59 bits per heavy atom. The molecule has 3 unspecified atom stereocenters. The van der Waals surface area contributed by atoms with E-state index in [9.17, 15) is 10.2 Å². The van der Waals surface area contributed by atoms with E-state index in [1.54, 1.807) is 13.1 Å². The van der Waals surface area contributed by atoms with Crippen molar-refractivity contribution < 1.29 is 14.7 Å². The van der Waals surface area contributed by atoms with E-state index < -0.39 is 6.10 Å². The summed E-state index contributed by atoms with van der Waals surface area (Å²) in [5.74, 6) is 9.90. The van der Waals surface area contributed by atoms with E-state index in [1.807, 2.05) is 48.0 Å². The van der Waals surface area contributed by atoms with Gasteiger partial charge in [0.15, 0.2) is 5.76 Å². The van der Waals surface area contributed by atoms with E-state index >= 15 is 0 Å². The van der Waals surface area contributed by atoms with Crippen LogP contribution >= 0.6 is 0 Å². The lowest BCUT2D eigenvalue weighted by atomic mass is 10.1. The Balaban J connectivity index is 1.19. The van der Waals surface area contributed by atoms with Crippen molar-refractivity contribution in [3.05, 3.63) is 59.8 Å². The van der Waals surface area contributed by atoms with E-state index in [1.165, 1.54) is 0 Å². The summed E-state index contributed by atoms with van der Waals surface area (Å²) in [6.07, 6.45) is 2.60. The number of likely N-dealkylation sites (tertiary alicyclic amines) is 1. The van der Waals surface area contributed by atoms with Crippen molar-refractivity contribution >= 4 is 0 Å². The largest absolute Gasteiger partial charge is 0.392 e. The van der Waals surface area contributed by atoms with Crippen molar-refractivity contribution in [1.82, 2.24) is 19.6 Å². The second-order valence-electron chi connectivity index (χ2n) is 9.04. The lowest BCUT2D eigenvalue weighted by Crippen LogP contribution is -2.31. The summed E-state index contributed by atoms with van der Waals surface area (Å²) in [7, 11) is 0. The average Bonchev–Trinajstić information content (AvgIpc) is 3.24. The third-order valence-corrected chi connectivity index (χ3v) is 6.36. The first-order valence-corrected chi connectivity index (χ1v) is 11.1. The molecule has 1 saturated carbocycles. The van der Waals surface area contributed by atoms with E-state index in [2.05, 4.69) is 26.9 Å². The molecule has 3 aromatic rings. The van der Waals surface area contributed by atoms with Crippen molar-refractivity contribution in [3.63, 3.8) is 0 Å². The predicted octanol–water partition coefficient (Wildman–Crippen LogP) is 2.55. The van der Waals surface area contributed by atoms with E-state index in [0.717, 1.165) is 36.5 Å². The van der Waals surface area contributed by atoms with Gasteiger partial charge in [0.05, 0.1) is 12.6 Å². The highest BCUT2D eigenvalue weighted by molar-refractivity contribution is 5.59. The van der Waals surface area contributed by atoms with Crippen molar-refractivity contribution in [3.8, 4) is 23.2 Å². The molecule has 1 aliphatic heterocycles. The van der Waals surface area contributed by atoms with Crippen molar-refractivity contribution in [2.45, 2.75) is 32.6 Å². The van der Waals surface area contributed by atoms with Crippen LogP contribution in [0.25, 0.3) is 11.3 Å². The van der Waals surface area contributed by atoms with Crippen LogP contribution in [0.1, 0.15) is 37.0 Å². The molecule has 0 radical (unpaired) electrons. The number of aliphatic hydroxyl groups excluding tert-OH is 2. The fourth-order valence-corrected chi connectivity index (χ4v) is 4.75. The van der Waals surface area contributed by atoms with Crippen LogP contribution in [0.5, 0.6) is 0 Å². The highest BCUT2D eigenvalue weighted by Crippen LogP contribution is 2.51. The molecule has 2 aliphatic rings. The number of hydrogen-bond acceptors (Lipinski definition) is 6. The molecule has 5 rings (SSSR count). The summed E-state index contributed by atoms with van der Waals surface area (Å²) >= 11 is 0. The van der Waals surface area contributed by atoms with Gasteiger partial charge in [-0.05, 0) is 49.9 Å². The quantitative estimate of drug-likeness (QED) is 0.582. The van der Waals surface area contributed by atoms with Crippen LogP contribution in [0.3, 0.4) is 0 Å². The fraction of sp³-hybridized carbons (Fsp3) is 0.440. The third kappa shape index (κ3) is 4.35. The zero-order chi connectivity index (χ0) is 22.2. The van der Waals surface area contributed by atoms with Crippen LogP contribution in [0.4, 0.5) is 0 Å². The number of β-amino-alcohol motifs (C(OH)–C–C–N with tert-alkyl or cyclic N) is 1. The van der Waals surface area contributed by atoms with Gasteiger partial charge in [0.1, 0.15) is 17.6 Å². The SMILES string of the molecule is CC(O)CN1CC2C(C#Cc3ccc(-c4cc(Cn5ccnc5[C@H](C)O)no4)cc3)C2C1. The first-order chi connectivity index (χ1) is 15.5. The second kappa shape index (κ2) is 8.55. The van der Waals surface area contributed by atoms with Gasteiger partial charge < -0.3 is 24.2 Å². The van der Waals surface area contributed by atoms with Gasteiger partial charge in [0.2, 0.25) is 0 Å². The van der Waals surface area contributed by atoms with Crippen LogP contribution in [0.2, 0.25) is 0 Å². The summed E-state index contributed by atoms with van der Waals surface area (Å²) in [5.41, 5.74) is 2.72. The lowest BCUT2D eigenvalue weighted by molar-refractivity contribution is 0.132. The molecular formula is C25H28N4O3. The molecular weight excluding hydrogens is 404 g/mol. The lowest BCUT2D eigenvalue weighted by Gasteiger charge is -2.19. The Kier molecular flexibility index (Phi) is 5.60. The van der Waals surface area contributed by atoms with Gasteiger partial charge in [-0.25, -0.2) is 4.98 Å².